The number of hydrogen-bond acceptors (Lipinski definition) is 1. The Morgan fingerprint density at radius 2 is 2.18 bits per heavy atom. The lowest BCUT2D eigenvalue weighted by Gasteiger charge is -2.03. The zero-order chi connectivity index (χ0) is 8.10. The molecule has 11 heavy (non-hydrogen) atoms. The Bertz CT molecular complexity index is 168. The molecule has 0 spiro atoms. The Morgan fingerprint density at radius 3 is 2.91 bits per heavy atom. The van der Waals surface area contributed by atoms with Crippen molar-refractivity contribution in [2.24, 2.45) is 16.5 Å². The zero-order valence-corrected chi connectivity index (χ0v) is 6.66. The number of aliphatic imine (C=N–C) groups is 1. The number of nitrogens with two attached hydrogens (primary N) is 2. The first-order valence-corrected chi connectivity index (χ1v) is 4.04. The van der Waals surface area contributed by atoms with Gasteiger partial charge in [-0.3, -0.25) is 0 Å². The van der Waals surface area contributed by atoms with E-state index in [0.29, 0.717) is 0 Å². The first kappa shape index (κ1) is 8.11. The fraction of sp³-hybridized carbons (Fsp3) is 0.625. The average molecular weight is 153 g/mol. The summed E-state index contributed by atoms with van der Waals surface area (Å²) < 4.78 is 0. The highest BCUT2D eigenvalue weighted by Crippen LogP contribution is 2.13. The predicted octanol–water partition coefficient (Wildman–Crippen LogP) is 0.759. The van der Waals surface area contributed by atoms with Gasteiger partial charge in [0, 0.05) is 0 Å². The van der Waals surface area contributed by atoms with Crippen LogP contribution in [-0.4, -0.2) is 12.0 Å². The van der Waals surface area contributed by atoms with Crippen LogP contribution in [0.1, 0.15) is 25.7 Å². The second kappa shape index (κ2) is 4.01. The van der Waals surface area contributed by atoms with Crippen LogP contribution in [0.2, 0.25) is 0 Å². The summed E-state index contributed by atoms with van der Waals surface area (Å²) in [5.41, 5.74) is 10.5. The highest BCUT2D eigenvalue weighted by molar-refractivity contribution is 5.76. The third-order valence-corrected chi connectivity index (χ3v) is 1.79. The molecule has 62 valence electrons. The van der Waals surface area contributed by atoms with Crippen molar-refractivity contribution < 1.29 is 0 Å². The van der Waals surface area contributed by atoms with Gasteiger partial charge in [-0.05, 0) is 19.3 Å². The molecule has 3 heteroatoms. The molecule has 0 amide bonds. The van der Waals surface area contributed by atoms with Crippen molar-refractivity contribution in [1.29, 1.82) is 0 Å². The van der Waals surface area contributed by atoms with E-state index in [0.717, 1.165) is 12.8 Å². The van der Waals surface area contributed by atoms with E-state index < -0.39 is 0 Å². The minimum absolute atomic E-state index is 0.196. The van der Waals surface area contributed by atoms with Crippen molar-refractivity contribution >= 4 is 5.96 Å². The molecule has 0 fully saturated rings. The largest absolute Gasteiger partial charge is 0.370 e. The van der Waals surface area contributed by atoms with Gasteiger partial charge in [-0.25, -0.2) is 4.99 Å². The van der Waals surface area contributed by atoms with Gasteiger partial charge in [0.2, 0.25) is 0 Å². The molecule has 0 aromatic heterocycles. The quantitative estimate of drug-likeness (QED) is 0.332. The molecule has 0 aliphatic heterocycles. The van der Waals surface area contributed by atoms with E-state index in [-0.39, 0.29) is 12.0 Å². The molecule has 0 aromatic rings. The van der Waals surface area contributed by atoms with Gasteiger partial charge in [0.25, 0.3) is 0 Å². The smallest absolute Gasteiger partial charge is 0.186 e. The van der Waals surface area contributed by atoms with E-state index in [1.54, 1.807) is 0 Å². The van der Waals surface area contributed by atoms with Gasteiger partial charge in [-0.1, -0.05) is 18.6 Å². The Hall–Kier alpha value is -0.990. The molecule has 1 atom stereocenters. The van der Waals surface area contributed by atoms with Crippen LogP contribution in [0.5, 0.6) is 0 Å². The molecule has 3 nitrogen and oxygen atoms in total. The predicted molar refractivity (Wildman–Crippen MR) is 47.2 cm³/mol. The number of guanidine groups is 1. The lowest BCUT2D eigenvalue weighted by Crippen LogP contribution is -2.24. The second-order valence-corrected chi connectivity index (χ2v) is 2.83. The Morgan fingerprint density at radius 1 is 1.36 bits per heavy atom. The first-order chi connectivity index (χ1) is 5.29. The minimum Gasteiger partial charge on any atom is -0.370 e. The number of rotatable bonds is 1. The van der Waals surface area contributed by atoms with Gasteiger partial charge in [0.1, 0.15) is 0 Å². The lowest BCUT2D eigenvalue weighted by atomic mass is 10.1. The van der Waals surface area contributed by atoms with Crippen LogP contribution in [0.15, 0.2) is 17.1 Å². The van der Waals surface area contributed by atoms with Crippen molar-refractivity contribution in [2.75, 3.05) is 0 Å². The normalized spacial score (nSPS) is 24.2. The Labute approximate surface area is 67.2 Å². The molecule has 0 heterocycles. The van der Waals surface area contributed by atoms with E-state index in [1.165, 1.54) is 12.8 Å². The standard InChI is InChI=1S/C8H15N3/c9-8(10)11-7-5-3-1-2-4-6-7/h3,5,7H,1-2,4,6H2,(H4,9,10,11). The van der Waals surface area contributed by atoms with E-state index in [9.17, 15) is 0 Å². The van der Waals surface area contributed by atoms with Crippen molar-refractivity contribution in [2.45, 2.75) is 31.7 Å². The SMILES string of the molecule is NC(N)=NC1C=CCCCC1. The molecular weight excluding hydrogens is 138 g/mol. The van der Waals surface area contributed by atoms with Gasteiger partial charge in [-0.2, -0.15) is 0 Å². The number of hydrogen-bond donors (Lipinski definition) is 2. The van der Waals surface area contributed by atoms with Crippen LogP contribution in [-0.2, 0) is 0 Å². The van der Waals surface area contributed by atoms with Crippen LogP contribution in [0.25, 0.3) is 0 Å². The number of allylic oxidation sites excluding steroid dienone is 1. The maximum atomic E-state index is 5.27. The van der Waals surface area contributed by atoms with Crippen molar-refractivity contribution in [3.8, 4) is 0 Å². The monoisotopic (exact) mass is 153 g/mol. The fourth-order valence-corrected chi connectivity index (χ4v) is 1.26. The molecule has 0 aromatic carbocycles. The maximum Gasteiger partial charge on any atom is 0.186 e. The molecule has 1 aliphatic rings. The minimum atomic E-state index is 0.196. The van der Waals surface area contributed by atoms with Gasteiger partial charge < -0.3 is 11.5 Å². The molecule has 0 saturated heterocycles. The highest BCUT2D eigenvalue weighted by atomic mass is 15.0. The summed E-state index contributed by atoms with van der Waals surface area (Å²) in [6.07, 6.45) is 8.96. The summed E-state index contributed by atoms with van der Waals surface area (Å²) in [5.74, 6) is 0.196. The molecule has 0 radical (unpaired) electrons. The molecule has 1 unspecified atom stereocenters. The van der Waals surface area contributed by atoms with Crippen LogP contribution in [0, 0.1) is 0 Å². The summed E-state index contributed by atoms with van der Waals surface area (Å²) in [7, 11) is 0. The van der Waals surface area contributed by atoms with Gasteiger partial charge in [0.15, 0.2) is 5.96 Å². The van der Waals surface area contributed by atoms with E-state index in [2.05, 4.69) is 17.1 Å². The van der Waals surface area contributed by atoms with Gasteiger partial charge >= 0.3 is 0 Å². The lowest BCUT2D eigenvalue weighted by molar-refractivity contribution is 0.657. The van der Waals surface area contributed by atoms with Gasteiger partial charge in [0.05, 0.1) is 6.04 Å². The van der Waals surface area contributed by atoms with Crippen LogP contribution in [0.4, 0.5) is 0 Å². The van der Waals surface area contributed by atoms with Crippen molar-refractivity contribution in [1.82, 2.24) is 0 Å². The van der Waals surface area contributed by atoms with Gasteiger partial charge in [-0.15, -0.1) is 0 Å². The topological polar surface area (TPSA) is 64.4 Å². The Balaban J connectivity index is 2.49. The van der Waals surface area contributed by atoms with E-state index >= 15 is 0 Å². The molecule has 4 N–H and O–H groups in total. The first-order valence-electron chi connectivity index (χ1n) is 4.04. The zero-order valence-electron chi connectivity index (χ0n) is 6.66. The third-order valence-electron chi connectivity index (χ3n) is 1.79. The molecule has 0 saturated carbocycles. The van der Waals surface area contributed by atoms with Crippen molar-refractivity contribution in [3.05, 3.63) is 12.2 Å². The summed E-state index contributed by atoms with van der Waals surface area (Å²) in [4.78, 5) is 4.08. The summed E-state index contributed by atoms with van der Waals surface area (Å²) in [5, 5.41) is 0. The van der Waals surface area contributed by atoms with E-state index in [4.69, 9.17) is 11.5 Å². The summed E-state index contributed by atoms with van der Waals surface area (Å²) in [6, 6.07) is 0.225. The summed E-state index contributed by atoms with van der Waals surface area (Å²) in [6.45, 7) is 0. The van der Waals surface area contributed by atoms with Crippen LogP contribution in [0.3, 0.4) is 0 Å². The van der Waals surface area contributed by atoms with Crippen LogP contribution >= 0.6 is 0 Å². The molecule has 0 bridgehead atoms. The fourth-order valence-electron chi connectivity index (χ4n) is 1.26. The second-order valence-electron chi connectivity index (χ2n) is 2.83. The Kier molecular flexibility index (Phi) is 2.95. The average Bonchev–Trinajstić information content (AvgIpc) is 2.14. The third kappa shape index (κ3) is 3.07. The molecule has 1 rings (SSSR count). The van der Waals surface area contributed by atoms with Crippen molar-refractivity contribution in [3.63, 3.8) is 0 Å². The summed E-state index contributed by atoms with van der Waals surface area (Å²) >= 11 is 0. The van der Waals surface area contributed by atoms with E-state index in [1.807, 2.05) is 0 Å². The maximum absolute atomic E-state index is 5.27. The van der Waals surface area contributed by atoms with Crippen LogP contribution < -0.4 is 11.5 Å². The number of nitrogens with zero attached hydrogens (tertiary/aromatic N) is 1. The highest BCUT2D eigenvalue weighted by Gasteiger charge is 2.04. The molecular formula is C8H15N3. The molecule has 1 aliphatic carbocycles.